The van der Waals surface area contributed by atoms with Gasteiger partial charge >= 0.3 is 0 Å². The number of aromatic nitrogens is 4. The lowest BCUT2D eigenvalue weighted by molar-refractivity contribution is 1.11. The number of rotatable bonds is 3. The van der Waals surface area contributed by atoms with Crippen LogP contribution in [0.1, 0.15) is 11.1 Å². The third-order valence-corrected chi connectivity index (χ3v) is 7.55. The molecular formula is C34H22N4. The molecule has 4 heteroatoms. The molecule has 0 fully saturated rings. The first-order chi connectivity index (χ1) is 18.8. The van der Waals surface area contributed by atoms with E-state index in [1.165, 1.54) is 44.1 Å². The highest BCUT2D eigenvalue weighted by Gasteiger charge is 2.29. The summed E-state index contributed by atoms with van der Waals surface area (Å²) in [6.45, 7) is 0. The van der Waals surface area contributed by atoms with Crippen LogP contribution in [0.4, 0.5) is 0 Å². The molecule has 1 aliphatic rings. The van der Waals surface area contributed by atoms with Crippen LogP contribution in [0.2, 0.25) is 0 Å². The number of pyridine rings is 3. The van der Waals surface area contributed by atoms with E-state index in [4.69, 9.17) is 4.98 Å². The Kier molecular flexibility index (Phi) is 4.55. The summed E-state index contributed by atoms with van der Waals surface area (Å²) in [7, 11) is 0. The van der Waals surface area contributed by atoms with Crippen molar-refractivity contribution in [3.63, 3.8) is 0 Å². The third-order valence-electron chi connectivity index (χ3n) is 7.55. The monoisotopic (exact) mass is 486 g/mol. The van der Waals surface area contributed by atoms with Gasteiger partial charge in [0.15, 0.2) is 0 Å². The molecule has 178 valence electrons. The summed E-state index contributed by atoms with van der Waals surface area (Å²) in [5.41, 5.74) is 10.9. The Labute approximate surface area is 219 Å². The van der Waals surface area contributed by atoms with E-state index in [0.29, 0.717) is 0 Å². The quantitative estimate of drug-likeness (QED) is 0.255. The lowest BCUT2D eigenvalue weighted by Crippen LogP contribution is -2.01. The van der Waals surface area contributed by atoms with Gasteiger partial charge in [-0.3, -0.25) is 9.97 Å². The van der Waals surface area contributed by atoms with Gasteiger partial charge in [0.25, 0.3) is 0 Å². The molecule has 4 aromatic heterocycles. The van der Waals surface area contributed by atoms with Gasteiger partial charge in [0, 0.05) is 29.8 Å². The van der Waals surface area contributed by atoms with Crippen molar-refractivity contribution in [3.8, 4) is 39.7 Å². The van der Waals surface area contributed by atoms with Gasteiger partial charge in [0.2, 0.25) is 0 Å². The van der Waals surface area contributed by atoms with Gasteiger partial charge in [-0.1, -0.05) is 66.7 Å². The first-order valence-electron chi connectivity index (χ1n) is 12.8. The van der Waals surface area contributed by atoms with E-state index in [0.717, 1.165) is 34.9 Å². The van der Waals surface area contributed by atoms with E-state index < -0.39 is 0 Å². The highest BCUT2D eigenvalue weighted by molar-refractivity contribution is 6.02. The molecule has 8 rings (SSSR count). The molecule has 0 amide bonds. The van der Waals surface area contributed by atoms with Crippen LogP contribution in [-0.4, -0.2) is 19.5 Å². The molecule has 0 saturated carbocycles. The van der Waals surface area contributed by atoms with Crippen molar-refractivity contribution < 1.29 is 0 Å². The van der Waals surface area contributed by atoms with E-state index in [2.05, 4.69) is 87.3 Å². The van der Waals surface area contributed by atoms with E-state index >= 15 is 0 Å². The average Bonchev–Trinajstić information content (AvgIpc) is 3.53. The predicted octanol–water partition coefficient (Wildman–Crippen LogP) is 7.87. The second kappa shape index (κ2) is 8.22. The van der Waals surface area contributed by atoms with Crippen molar-refractivity contribution in [2.24, 2.45) is 0 Å². The molecule has 1 aliphatic carbocycles. The minimum absolute atomic E-state index is 0.826. The maximum atomic E-state index is 5.00. The van der Waals surface area contributed by atoms with Crippen molar-refractivity contribution in [1.82, 2.24) is 19.5 Å². The summed E-state index contributed by atoms with van der Waals surface area (Å²) >= 11 is 0. The van der Waals surface area contributed by atoms with Gasteiger partial charge in [-0.15, -0.1) is 0 Å². The Hall–Kier alpha value is -5.09. The highest BCUT2D eigenvalue weighted by atomic mass is 15.0. The summed E-state index contributed by atoms with van der Waals surface area (Å²) in [6.07, 6.45) is 4.55. The van der Waals surface area contributed by atoms with Crippen LogP contribution in [0.5, 0.6) is 0 Å². The number of para-hydroxylation sites is 1. The fourth-order valence-electron chi connectivity index (χ4n) is 5.90. The molecule has 4 nitrogen and oxygen atoms in total. The first-order valence-corrected chi connectivity index (χ1v) is 12.8. The standard InChI is InChI=1S/C34H22N4/c1-2-10-24-22(9-1)15-16-26-27(24)21-28-25-11-3-4-14-33(25)38(34(26)28)23-19-31(29-12-5-7-17-35-29)37-32(20-23)30-13-6-8-18-36-30/h1-20H,21H2. The molecule has 0 spiro atoms. The molecule has 7 aromatic rings. The summed E-state index contributed by atoms with van der Waals surface area (Å²) in [5, 5.41) is 3.90. The Morgan fingerprint density at radius 1 is 0.553 bits per heavy atom. The molecule has 0 unspecified atom stereocenters. The van der Waals surface area contributed by atoms with Crippen LogP contribution in [0.15, 0.2) is 122 Å². The van der Waals surface area contributed by atoms with Gasteiger partial charge in [-0.2, -0.15) is 0 Å². The summed E-state index contributed by atoms with van der Waals surface area (Å²) < 4.78 is 2.41. The fourth-order valence-corrected chi connectivity index (χ4v) is 5.90. The average molecular weight is 487 g/mol. The Balaban J connectivity index is 1.45. The molecule has 0 atom stereocenters. The van der Waals surface area contributed by atoms with Crippen LogP contribution in [0, 0.1) is 0 Å². The van der Waals surface area contributed by atoms with Gasteiger partial charge in [-0.05, 0) is 64.4 Å². The second-order valence-electron chi connectivity index (χ2n) is 9.70. The Bertz CT molecular complexity index is 1930. The molecule has 3 aromatic carbocycles. The zero-order chi connectivity index (χ0) is 25.1. The van der Waals surface area contributed by atoms with Crippen molar-refractivity contribution in [1.29, 1.82) is 0 Å². The molecule has 0 bridgehead atoms. The first kappa shape index (κ1) is 21.0. The summed E-state index contributed by atoms with van der Waals surface area (Å²) in [5.74, 6) is 0. The van der Waals surface area contributed by atoms with Crippen molar-refractivity contribution in [2.45, 2.75) is 6.42 Å². The summed E-state index contributed by atoms with van der Waals surface area (Å²) in [6, 6.07) is 38.1. The topological polar surface area (TPSA) is 43.6 Å². The van der Waals surface area contributed by atoms with Gasteiger partial charge < -0.3 is 4.57 Å². The lowest BCUT2D eigenvalue weighted by Gasteiger charge is -2.15. The van der Waals surface area contributed by atoms with Crippen LogP contribution in [-0.2, 0) is 6.42 Å². The minimum atomic E-state index is 0.826. The van der Waals surface area contributed by atoms with Gasteiger partial charge in [-0.25, -0.2) is 4.98 Å². The number of benzene rings is 3. The normalized spacial score (nSPS) is 12.1. The summed E-state index contributed by atoms with van der Waals surface area (Å²) in [4.78, 5) is 14.2. The predicted molar refractivity (Wildman–Crippen MR) is 153 cm³/mol. The Morgan fingerprint density at radius 2 is 1.21 bits per heavy atom. The SMILES string of the molecule is c1ccc(-c2cc(-n3c4c(c5ccccc53)Cc3c-4ccc4ccccc34)cc(-c3ccccn3)n2)nc1. The van der Waals surface area contributed by atoms with Gasteiger partial charge in [0.05, 0.1) is 39.7 Å². The fraction of sp³-hybridized carbons (Fsp3) is 0.0294. The molecular weight excluding hydrogens is 464 g/mol. The zero-order valence-corrected chi connectivity index (χ0v) is 20.5. The largest absolute Gasteiger partial charge is 0.309 e. The molecule has 0 saturated heterocycles. The van der Waals surface area contributed by atoms with Crippen molar-refractivity contribution in [2.75, 3.05) is 0 Å². The molecule has 0 radical (unpaired) electrons. The van der Waals surface area contributed by atoms with Crippen LogP contribution >= 0.6 is 0 Å². The number of nitrogens with zero attached hydrogens (tertiary/aromatic N) is 4. The zero-order valence-electron chi connectivity index (χ0n) is 20.5. The van der Waals surface area contributed by atoms with E-state index in [-0.39, 0.29) is 0 Å². The van der Waals surface area contributed by atoms with Crippen molar-refractivity contribution >= 4 is 21.7 Å². The minimum Gasteiger partial charge on any atom is -0.309 e. The molecule has 0 aliphatic heterocycles. The van der Waals surface area contributed by atoms with E-state index in [9.17, 15) is 0 Å². The third kappa shape index (κ3) is 3.14. The van der Waals surface area contributed by atoms with Crippen molar-refractivity contribution in [3.05, 3.63) is 133 Å². The van der Waals surface area contributed by atoms with E-state index in [1.54, 1.807) is 0 Å². The highest BCUT2D eigenvalue weighted by Crippen LogP contribution is 2.46. The second-order valence-corrected chi connectivity index (χ2v) is 9.70. The maximum absolute atomic E-state index is 5.00. The smallest absolute Gasteiger partial charge is 0.0915 e. The maximum Gasteiger partial charge on any atom is 0.0915 e. The molecule has 0 N–H and O–H groups in total. The number of fused-ring (bicyclic) bond motifs is 7. The molecule has 4 heterocycles. The number of hydrogen-bond donors (Lipinski definition) is 0. The van der Waals surface area contributed by atoms with Crippen LogP contribution in [0.3, 0.4) is 0 Å². The van der Waals surface area contributed by atoms with Crippen LogP contribution in [0.25, 0.3) is 61.4 Å². The van der Waals surface area contributed by atoms with E-state index in [1.807, 2.05) is 48.8 Å². The molecule has 38 heavy (non-hydrogen) atoms. The Morgan fingerprint density at radius 3 is 1.92 bits per heavy atom. The lowest BCUT2D eigenvalue weighted by atomic mass is 9.99. The number of hydrogen-bond acceptors (Lipinski definition) is 3. The van der Waals surface area contributed by atoms with Gasteiger partial charge in [0.1, 0.15) is 0 Å². The van der Waals surface area contributed by atoms with Crippen LogP contribution < -0.4 is 0 Å².